The Morgan fingerprint density at radius 1 is 1.50 bits per heavy atom. The molecule has 2 nitrogen and oxygen atoms in total. The van der Waals surface area contributed by atoms with Crippen LogP contribution in [0.2, 0.25) is 0 Å². The lowest BCUT2D eigenvalue weighted by atomic mass is 9.84. The van der Waals surface area contributed by atoms with Crippen molar-refractivity contribution in [2.75, 3.05) is 13.1 Å². The molecule has 1 heterocycles. The van der Waals surface area contributed by atoms with Gasteiger partial charge < -0.3 is 10.4 Å². The van der Waals surface area contributed by atoms with Crippen LogP contribution in [0.3, 0.4) is 0 Å². The lowest BCUT2D eigenvalue weighted by molar-refractivity contribution is -0.0249. The van der Waals surface area contributed by atoms with Crippen molar-refractivity contribution in [2.45, 2.75) is 32.3 Å². The minimum Gasteiger partial charge on any atom is -0.388 e. The van der Waals surface area contributed by atoms with Crippen molar-refractivity contribution < 1.29 is 5.11 Å². The quantitative estimate of drug-likeness (QED) is 0.568. The monoisotopic (exact) mass is 143 g/mol. The van der Waals surface area contributed by atoms with E-state index in [-0.39, 0.29) is 0 Å². The largest absolute Gasteiger partial charge is 0.388 e. The molecule has 1 aliphatic heterocycles. The maximum Gasteiger partial charge on any atom is 0.0794 e. The zero-order valence-corrected chi connectivity index (χ0v) is 6.85. The van der Waals surface area contributed by atoms with Crippen molar-refractivity contribution in [2.24, 2.45) is 5.92 Å². The number of hydrogen-bond acceptors (Lipinski definition) is 2. The summed E-state index contributed by atoms with van der Waals surface area (Å²) >= 11 is 0. The molecule has 0 radical (unpaired) electrons. The van der Waals surface area contributed by atoms with E-state index in [0.717, 1.165) is 25.9 Å². The molecular weight excluding hydrogens is 126 g/mol. The summed E-state index contributed by atoms with van der Waals surface area (Å²) in [6.45, 7) is 5.99. The van der Waals surface area contributed by atoms with Crippen LogP contribution in [0.4, 0.5) is 0 Å². The number of hydrogen-bond donors (Lipinski definition) is 2. The first-order valence-corrected chi connectivity index (χ1v) is 4.08. The van der Waals surface area contributed by atoms with E-state index < -0.39 is 5.60 Å². The summed E-state index contributed by atoms with van der Waals surface area (Å²) in [5.41, 5.74) is -0.432. The van der Waals surface area contributed by atoms with Gasteiger partial charge >= 0.3 is 0 Å². The molecule has 1 unspecified atom stereocenters. The molecule has 0 spiro atoms. The van der Waals surface area contributed by atoms with E-state index in [1.54, 1.807) is 0 Å². The summed E-state index contributed by atoms with van der Waals surface area (Å²) in [7, 11) is 0. The van der Waals surface area contributed by atoms with Crippen LogP contribution in [0.5, 0.6) is 0 Å². The highest BCUT2D eigenvalue weighted by molar-refractivity contribution is 4.87. The predicted molar refractivity (Wildman–Crippen MR) is 41.9 cm³/mol. The highest BCUT2D eigenvalue weighted by atomic mass is 16.3. The highest BCUT2D eigenvalue weighted by Crippen LogP contribution is 2.23. The highest BCUT2D eigenvalue weighted by Gasteiger charge is 2.31. The van der Waals surface area contributed by atoms with Gasteiger partial charge in [-0.15, -0.1) is 0 Å². The average molecular weight is 143 g/mol. The van der Waals surface area contributed by atoms with Crippen LogP contribution in [0, 0.1) is 5.92 Å². The van der Waals surface area contributed by atoms with Crippen molar-refractivity contribution in [3.63, 3.8) is 0 Å². The van der Waals surface area contributed by atoms with E-state index in [1.165, 1.54) is 0 Å². The summed E-state index contributed by atoms with van der Waals surface area (Å²) in [5, 5.41) is 13.1. The fraction of sp³-hybridized carbons (Fsp3) is 1.00. The Bertz CT molecular complexity index is 106. The van der Waals surface area contributed by atoms with E-state index in [9.17, 15) is 5.11 Å². The molecule has 0 aromatic rings. The number of β-amino-alcohol motifs (C(OH)–C–C–N with tert-alkyl or cyclic N) is 1. The van der Waals surface area contributed by atoms with Crippen LogP contribution in [-0.2, 0) is 0 Å². The molecule has 0 bridgehead atoms. The average Bonchev–Trinajstić information content (AvgIpc) is 1.89. The van der Waals surface area contributed by atoms with Gasteiger partial charge in [0.25, 0.3) is 0 Å². The molecule has 1 aliphatic rings. The number of nitrogens with one attached hydrogen (secondary N) is 1. The Kier molecular flexibility index (Phi) is 2.32. The van der Waals surface area contributed by atoms with E-state index in [0.29, 0.717) is 5.92 Å². The summed E-state index contributed by atoms with van der Waals surface area (Å²) in [6, 6.07) is 0. The van der Waals surface area contributed by atoms with E-state index in [2.05, 4.69) is 19.2 Å². The summed E-state index contributed by atoms with van der Waals surface area (Å²) in [4.78, 5) is 0. The number of aliphatic hydroxyl groups is 1. The van der Waals surface area contributed by atoms with Gasteiger partial charge in [-0.1, -0.05) is 13.8 Å². The fourth-order valence-electron chi connectivity index (χ4n) is 1.41. The van der Waals surface area contributed by atoms with Gasteiger partial charge in [0.15, 0.2) is 0 Å². The first-order chi connectivity index (χ1) is 4.65. The maximum atomic E-state index is 9.89. The van der Waals surface area contributed by atoms with Crippen LogP contribution in [-0.4, -0.2) is 23.8 Å². The second kappa shape index (κ2) is 2.89. The molecule has 0 aromatic heterocycles. The van der Waals surface area contributed by atoms with E-state index >= 15 is 0 Å². The Hall–Kier alpha value is -0.0800. The molecule has 0 aliphatic carbocycles. The third-order valence-electron chi connectivity index (χ3n) is 2.47. The molecule has 0 aromatic carbocycles. The van der Waals surface area contributed by atoms with Crippen LogP contribution in [0.15, 0.2) is 0 Å². The maximum absolute atomic E-state index is 9.89. The summed E-state index contributed by atoms with van der Waals surface area (Å²) < 4.78 is 0. The minimum absolute atomic E-state index is 0.375. The topological polar surface area (TPSA) is 32.3 Å². The van der Waals surface area contributed by atoms with Gasteiger partial charge in [-0.25, -0.2) is 0 Å². The zero-order chi connectivity index (χ0) is 7.61. The van der Waals surface area contributed by atoms with Crippen LogP contribution in [0.1, 0.15) is 26.7 Å². The summed E-state index contributed by atoms with van der Waals surface area (Å²) in [6.07, 6.45) is 2.06. The lowest BCUT2D eigenvalue weighted by Gasteiger charge is -2.36. The normalized spacial score (nSPS) is 34.8. The van der Waals surface area contributed by atoms with Gasteiger partial charge in [-0.05, 0) is 25.3 Å². The standard InChI is InChI=1S/C8H17NO/c1-7(2)8(10)4-3-5-9-6-8/h7,9-10H,3-6H2,1-2H3. The van der Waals surface area contributed by atoms with Gasteiger partial charge in [-0.3, -0.25) is 0 Å². The van der Waals surface area contributed by atoms with Crippen LogP contribution >= 0.6 is 0 Å². The van der Waals surface area contributed by atoms with E-state index in [4.69, 9.17) is 0 Å². The van der Waals surface area contributed by atoms with Gasteiger partial charge in [0.2, 0.25) is 0 Å². The van der Waals surface area contributed by atoms with Gasteiger partial charge in [0, 0.05) is 6.54 Å². The summed E-state index contributed by atoms with van der Waals surface area (Å²) in [5.74, 6) is 0.375. The molecule has 1 saturated heterocycles. The fourth-order valence-corrected chi connectivity index (χ4v) is 1.41. The Morgan fingerprint density at radius 3 is 2.50 bits per heavy atom. The molecule has 1 atom stereocenters. The van der Waals surface area contributed by atoms with Gasteiger partial charge in [0.05, 0.1) is 5.60 Å². The Morgan fingerprint density at radius 2 is 2.20 bits per heavy atom. The molecule has 2 heteroatoms. The molecule has 1 rings (SSSR count). The molecule has 10 heavy (non-hydrogen) atoms. The lowest BCUT2D eigenvalue weighted by Crippen LogP contribution is -2.49. The van der Waals surface area contributed by atoms with Crippen LogP contribution in [0.25, 0.3) is 0 Å². The molecule has 2 N–H and O–H groups in total. The first kappa shape index (κ1) is 8.02. The van der Waals surface area contributed by atoms with Gasteiger partial charge in [0.1, 0.15) is 0 Å². The van der Waals surface area contributed by atoms with Crippen molar-refractivity contribution >= 4 is 0 Å². The number of rotatable bonds is 1. The molecule has 1 fully saturated rings. The van der Waals surface area contributed by atoms with Crippen LogP contribution < -0.4 is 5.32 Å². The molecule has 60 valence electrons. The first-order valence-electron chi connectivity index (χ1n) is 4.08. The van der Waals surface area contributed by atoms with E-state index in [1.807, 2.05) is 0 Å². The SMILES string of the molecule is CC(C)C1(O)CCCNC1. The van der Waals surface area contributed by atoms with Crippen molar-refractivity contribution in [3.8, 4) is 0 Å². The predicted octanol–water partition coefficient (Wildman–Crippen LogP) is 0.757. The zero-order valence-electron chi connectivity index (χ0n) is 6.85. The van der Waals surface area contributed by atoms with Crippen molar-refractivity contribution in [1.29, 1.82) is 0 Å². The smallest absolute Gasteiger partial charge is 0.0794 e. The van der Waals surface area contributed by atoms with Gasteiger partial charge in [-0.2, -0.15) is 0 Å². The third-order valence-corrected chi connectivity index (χ3v) is 2.47. The molecule has 0 saturated carbocycles. The number of piperidine rings is 1. The van der Waals surface area contributed by atoms with Crippen molar-refractivity contribution in [1.82, 2.24) is 5.32 Å². The molecular formula is C8H17NO. The second-order valence-electron chi connectivity index (χ2n) is 3.54. The minimum atomic E-state index is -0.432. The Balaban J connectivity index is 2.48. The second-order valence-corrected chi connectivity index (χ2v) is 3.54. The van der Waals surface area contributed by atoms with Crippen molar-refractivity contribution in [3.05, 3.63) is 0 Å². The molecule has 0 amide bonds. The Labute approximate surface area is 62.6 Å². The third kappa shape index (κ3) is 1.50.